The lowest BCUT2D eigenvalue weighted by Crippen LogP contribution is -2.17. The Balaban J connectivity index is 2.79. The molecule has 3 heteroatoms. The van der Waals surface area contributed by atoms with Gasteiger partial charge in [0.05, 0.1) is 12.6 Å². The number of hydrogen-bond acceptors (Lipinski definition) is 3. The Labute approximate surface area is 72.3 Å². The summed E-state index contributed by atoms with van der Waals surface area (Å²) < 4.78 is 4.93. The molecule has 0 bridgehead atoms. The zero-order valence-corrected chi connectivity index (χ0v) is 7.16. The molecule has 66 valence electrons. The average molecular weight is 166 g/mol. The van der Waals surface area contributed by atoms with Gasteiger partial charge in [0.15, 0.2) is 0 Å². The van der Waals surface area contributed by atoms with E-state index in [9.17, 15) is 0 Å². The number of nitrogens with two attached hydrogens (primary N) is 2. The molecule has 0 amide bonds. The largest absolute Gasteiger partial charge is 0.398 e. The first-order chi connectivity index (χ1) is 5.75. The van der Waals surface area contributed by atoms with E-state index in [0.29, 0.717) is 6.61 Å². The van der Waals surface area contributed by atoms with Crippen molar-refractivity contribution in [2.75, 3.05) is 19.5 Å². The van der Waals surface area contributed by atoms with Crippen molar-refractivity contribution in [2.45, 2.75) is 6.04 Å². The van der Waals surface area contributed by atoms with Gasteiger partial charge in [-0.25, -0.2) is 0 Å². The number of nitrogen functional groups attached to an aromatic ring is 1. The van der Waals surface area contributed by atoms with E-state index in [1.807, 2.05) is 24.3 Å². The van der Waals surface area contributed by atoms with Crippen molar-refractivity contribution in [2.24, 2.45) is 5.73 Å². The molecule has 1 unspecified atom stereocenters. The van der Waals surface area contributed by atoms with Crippen LogP contribution in [0.15, 0.2) is 24.3 Å². The lowest BCUT2D eigenvalue weighted by molar-refractivity contribution is 0.181. The second-order valence-corrected chi connectivity index (χ2v) is 2.69. The van der Waals surface area contributed by atoms with Crippen LogP contribution in [-0.4, -0.2) is 13.7 Å². The molecule has 0 radical (unpaired) electrons. The van der Waals surface area contributed by atoms with Gasteiger partial charge in [-0.3, -0.25) is 0 Å². The maximum absolute atomic E-state index is 5.80. The van der Waals surface area contributed by atoms with Crippen molar-refractivity contribution in [3.8, 4) is 0 Å². The Morgan fingerprint density at radius 3 is 2.67 bits per heavy atom. The molecule has 0 heterocycles. The van der Waals surface area contributed by atoms with Crippen LogP contribution in [-0.2, 0) is 4.74 Å². The van der Waals surface area contributed by atoms with Crippen LogP contribution in [0.4, 0.5) is 5.69 Å². The van der Waals surface area contributed by atoms with Crippen LogP contribution in [0.1, 0.15) is 11.6 Å². The first-order valence-corrected chi connectivity index (χ1v) is 3.84. The van der Waals surface area contributed by atoms with Crippen LogP contribution in [0, 0.1) is 0 Å². The molecule has 0 fully saturated rings. The van der Waals surface area contributed by atoms with Crippen molar-refractivity contribution < 1.29 is 4.74 Å². The Bertz CT molecular complexity index is 250. The van der Waals surface area contributed by atoms with E-state index < -0.39 is 0 Å². The SMILES string of the molecule is COCC(N)c1ccccc1N. The molecule has 0 aliphatic rings. The van der Waals surface area contributed by atoms with E-state index in [1.54, 1.807) is 7.11 Å². The first kappa shape index (κ1) is 9.03. The number of rotatable bonds is 3. The monoisotopic (exact) mass is 166 g/mol. The number of anilines is 1. The molecule has 1 aromatic carbocycles. The Morgan fingerprint density at radius 1 is 1.42 bits per heavy atom. The number of hydrogen-bond donors (Lipinski definition) is 2. The van der Waals surface area contributed by atoms with Gasteiger partial charge in [-0.1, -0.05) is 18.2 Å². The lowest BCUT2D eigenvalue weighted by atomic mass is 10.1. The Hall–Kier alpha value is -1.06. The van der Waals surface area contributed by atoms with Crippen molar-refractivity contribution in [3.63, 3.8) is 0 Å². The van der Waals surface area contributed by atoms with Crippen molar-refractivity contribution in [3.05, 3.63) is 29.8 Å². The molecule has 0 aliphatic heterocycles. The maximum Gasteiger partial charge on any atom is 0.0656 e. The van der Waals surface area contributed by atoms with Crippen LogP contribution >= 0.6 is 0 Å². The molecule has 0 saturated heterocycles. The molecular formula is C9H14N2O. The van der Waals surface area contributed by atoms with E-state index in [1.165, 1.54) is 0 Å². The zero-order valence-electron chi connectivity index (χ0n) is 7.16. The van der Waals surface area contributed by atoms with E-state index in [0.717, 1.165) is 11.3 Å². The number of methoxy groups -OCH3 is 1. The molecule has 0 aliphatic carbocycles. The van der Waals surface area contributed by atoms with Crippen LogP contribution in [0.2, 0.25) is 0 Å². The third-order valence-corrected chi connectivity index (χ3v) is 1.74. The van der Waals surface area contributed by atoms with Crippen molar-refractivity contribution in [1.29, 1.82) is 0 Å². The van der Waals surface area contributed by atoms with E-state index in [-0.39, 0.29) is 6.04 Å². The van der Waals surface area contributed by atoms with E-state index >= 15 is 0 Å². The summed E-state index contributed by atoms with van der Waals surface area (Å²) in [5, 5.41) is 0. The van der Waals surface area contributed by atoms with Gasteiger partial charge < -0.3 is 16.2 Å². The minimum atomic E-state index is -0.129. The lowest BCUT2D eigenvalue weighted by Gasteiger charge is -2.12. The predicted octanol–water partition coefficient (Wildman–Crippen LogP) is 0.915. The van der Waals surface area contributed by atoms with Crippen LogP contribution in [0.5, 0.6) is 0 Å². The van der Waals surface area contributed by atoms with Crippen LogP contribution in [0.25, 0.3) is 0 Å². The quantitative estimate of drug-likeness (QED) is 0.656. The van der Waals surface area contributed by atoms with Gasteiger partial charge in [-0.15, -0.1) is 0 Å². The van der Waals surface area contributed by atoms with Crippen molar-refractivity contribution >= 4 is 5.69 Å². The maximum atomic E-state index is 5.80. The summed E-state index contributed by atoms with van der Waals surface area (Å²) in [6, 6.07) is 7.43. The second-order valence-electron chi connectivity index (χ2n) is 2.69. The molecule has 0 aromatic heterocycles. The predicted molar refractivity (Wildman–Crippen MR) is 49.7 cm³/mol. The highest BCUT2D eigenvalue weighted by atomic mass is 16.5. The van der Waals surface area contributed by atoms with Crippen molar-refractivity contribution in [1.82, 2.24) is 0 Å². The highest BCUT2D eigenvalue weighted by Crippen LogP contribution is 2.17. The summed E-state index contributed by atoms with van der Waals surface area (Å²) in [6.45, 7) is 0.494. The summed E-state index contributed by atoms with van der Waals surface area (Å²) in [6.07, 6.45) is 0. The molecule has 1 atom stereocenters. The number of benzene rings is 1. The van der Waals surface area contributed by atoms with Crippen LogP contribution < -0.4 is 11.5 Å². The molecule has 3 nitrogen and oxygen atoms in total. The molecule has 4 N–H and O–H groups in total. The average Bonchev–Trinajstić information content (AvgIpc) is 2.05. The second kappa shape index (κ2) is 4.09. The standard InChI is InChI=1S/C9H14N2O/c1-12-6-9(11)7-4-2-3-5-8(7)10/h2-5,9H,6,10-11H2,1H3. The highest BCUT2D eigenvalue weighted by Gasteiger charge is 2.07. The summed E-state index contributed by atoms with van der Waals surface area (Å²) in [4.78, 5) is 0. The van der Waals surface area contributed by atoms with Gasteiger partial charge in [0, 0.05) is 12.8 Å². The summed E-state index contributed by atoms with van der Waals surface area (Å²) in [7, 11) is 1.62. The Kier molecular flexibility index (Phi) is 3.08. The summed E-state index contributed by atoms with van der Waals surface area (Å²) in [5.74, 6) is 0. The number of ether oxygens (including phenoxy) is 1. The van der Waals surface area contributed by atoms with Gasteiger partial charge in [0.25, 0.3) is 0 Å². The van der Waals surface area contributed by atoms with Gasteiger partial charge in [0.1, 0.15) is 0 Å². The van der Waals surface area contributed by atoms with Gasteiger partial charge in [-0.2, -0.15) is 0 Å². The third-order valence-electron chi connectivity index (χ3n) is 1.74. The number of para-hydroxylation sites is 1. The molecule has 1 aromatic rings. The minimum Gasteiger partial charge on any atom is -0.398 e. The minimum absolute atomic E-state index is 0.129. The molecular weight excluding hydrogens is 152 g/mol. The van der Waals surface area contributed by atoms with Gasteiger partial charge in [-0.05, 0) is 11.6 Å². The normalized spacial score (nSPS) is 12.8. The third kappa shape index (κ3) is 1.96. The molecule has 0 spiro atoms. The molecule has 1 rings (SSSR count). The highest BCUT2D eigenvalue weighted by molar-refractivity contribution is 5.47. The smallest absolute Gasteiger partial charge is 0.0656 e. The molecule has 0 saturated carbocycles. The fourth-order valence-corrected chi connectivity index (χ4v) is 1.12. The Morgan fingerprint density at radius 2 is 2.08 bits per heavy atom. The summed E-state index contributed by atoms with van der Waals surface area (Å²) in [5.41, 5.74) is 13.2. The zero-order chi connectivity index (χ0) is 8.97. The topological polar surface area (TPSA) is 61.3 Å². The fraction of sp³-hybridized carbons (Fsp3) is 0.333. The van der Waals surface area contributed by atoms with Crippen LogP contribution in [0.3, 0.4) is 0 Å². The van der Waals surface area contributed by atoms with Gasteiger partial charge in [0.2, 0.25) is 0 Å². The summed E-state index contributed by atoms with van der Waals surface area (Å²) >= 11 is 0. The fourth-order valence-electron chi connectivity index (χ4n) is 1.12. The van der Waals surface area contributed by atoms with E-state index in [4.69, 9.17) is 16.2 Å². The first-order valence-electron chi connectivity index (χ1n) is 3.84. The van der Waals surface area contributed by atoms with Gasteiger partial charge >= 0.3 is 0 Å². The van der Waals surface area contributed by atoms with E-state index in [2.05, 4.69) is 0 Å². The molecule has 12 heavy (non-hydrogen) atoms.